The van der Waals surface area contributed by atoms with Crippen LogP contribution in [-0.2, 0) is 45.7 Å². The number of rotatable bonds is 14. The lowest BCUT2D eigenvalue weighted by molar-refractivity contribution is -0.140. The van der Waals surface area contributed by atoms with E-state index in [4.69, 9.17) is 30.9 Å². The number of benzene rings is 4. The number of imide groups is 1. The number of nitrogens with one attached hydrogen (secondary N) is 1. The highest BCUT2D eigenvalue weighted by atomic mass is 35.5. The van der Waals surface area contributed by atoms with Crippen LogP contribution >= 0.6 is 11.6 Å². The number of esters is 1. The topological polar surface area (TPSA) is 158 Å². The van der Waals surface area contributed by atoms with E-state index in [1.54, 1.807) is 36.1 Å². The summed E-state index contributed by atoms with van der Waals surface area (Å²) in [5.74, 6) is -1.09. The number of fused-ring (bicyclic) bond motifs is 3. The predicted molar refractivity (Wildman–Crippen MR) is 267 cm³/mol. The van der Waals surface area contributed by atoms with Gasteiger partial charge in [0.05, 0.1) is 29.4 Å². The second kappa shape index (κ2) is 19.8. The van der Waals surface area contributed by atoms with Crippen molar-refractivity contribution in [3.63, 3.8) is 0 Å². The van der Waals surface area contributed by atoms with Crippen molar-refractivity contribution in [3.8, 4) is 22.6 Å². The maximum atomic E-state index is 14.7. The van der Waals surface area contributed by atoms with Crippen molar-refractivity contribution in [2.45, 2.75) is 98.1 Å². The Balaban J connectivity index is 0.946. The van der Waals surface area contributed by atoms with Crippen molar-refractivity contribution in [3.05, 3.63) is 111 Å². The molecule has 6 aromatic rings. The number of piperazine rings is 1. The number of hydrogen-bond acceptors (Lipinski definition) is 10. The third kappa shape index (κ3) is 9.83. The molecule has 2 aromatic heterocycles. The Bertz CT molecular complexity index is 3110. The van der Waals surface area contributed by atoms with Crippen molar-refractivity contribution < 1.29 is 42.6 Å². The first-order valence-electron chi connectivity index (χ1n) is 24.2. The fourth-order valence-corrected chi connectivity index (χ4v) is 10.5. The molecule has 372 valence electrons. The molecule has 0 saturated carbocycles. The summed E-state index contributed by atoms with van der Waals surface area (Å²) in [6.07, 6.45) is 0.558. The van der Waals surface area contributed by atoms with Crippen LogP contribution in [0.4, 0.5) is 4.39 Å². The molecule has 2 fully saturated rings. The molecule has 2 saturated heterocycles. The summed E-state index contributed by atoms with van der Waals surface area (Å²) in [5.41, 5.74) is 5.67. The van der Waals surface area contributed by atoms with E-state index in [1.165, 1.54) is 17.0 Å². The van der Waals surface area contributed by atoms with Crippen molar-refractivity contribution in [1.29, 1.82) is 0 Å². The minimum atomic E-state index is -0.863. The van der Waals surface area contributed by atoms with Crippen LogP contribution < -0.4 is 14.8 Å². The molecule has 3 aliphatic rings. The summed E-state index contributed by atoms with van der Waals surface area (Å²) in [4.78, 5) is 72.0. The van der Waals surface area contributed by atoms with E-state index < -0.39 is 29.6 Å². The van der Waals surface area contributed by atoms with Crippen LogP contribution in [0.5, 0.6) is 11.5 Å². The third-order valence-corrected chi connectivity index (χ3v) is 14.1. The average Bonchev–Trinajstić information content (AvgIpc) is 3.92. The number of ether oxygens (including phenoxy) is 3. The van der Waals surface area contributed by atoms with Crippen molar-refractivity contribution in [2.24, 2.45) is 7.05 Å². The largest absolute Gasteiger partial charge is 0.493 e. The Kier molecular flexibility index (Phi) is 13.7. The molecule has 0 radical (unpaired) electrons. The molecule has 3 aliphatic heterocycles. The first kappa shape index (κ1) is 49.2. The van der Waals surface area contributed by atoms with Gasteiger partial charge in [0.1, 0.15) is 34.7 Å². The maximum Gasteiger partial charge on any atom is 0.355 e. The van der Waals surface area contributed by atoms with Gasteiger partial charge in [0.25, 0.3) is 11.8 Å². The zero-order chi connectivity index (χ0) is 50.5. The first-order chi connectivity index (χ1) is 33.9. The standard InChI is InChI=1S/C54H59ClFN7O8/c1-31-46(32(2)59(7)58-31)47-41(55)19-18-38-37(13-10-28-69-43-14-8-11-34-29-35(56)16-17-36(34)43)49(53(68)71-54(4,5)6)62(48(38)47)27-24-60-22-25-61(26-23-60)51(66)33(3)70-44-15-9-12-39-40(44)30-63(52(39)67)42-20-21-45(64)57-50(42)65/h8-9,11-12,14-19,29,33,42H,10,13,20-28,30H2,1-7H3,(H,57,64,65). The number of piperidine rings is 1. The van der Waals surface area contributed by atoms with Gasteiger partial charge in [-0.15, -0.1) is 0 Å². The molecule has 0 bridgehead atoms. The SMILES string of the molecule is Cc1nn(C)c(C)c1-c1c(Cl)ccc2c(CCCOc3cccc4cc(F)ccc34)c(C(=O)OC(C)(C)C)n(CCN3CCN(C(=O)C(C)Oc4cccc5c4CN(C4CCC(=O)NC4=O)C5=O)CC3)c12. The zero-order valence-corrected chi connectivity index (χ0v) is 42.0. The van der Waals surface area contributed by atoms with E-state index >= 15 is 0 Å². The number of hydrogen-bond donors (Lipinski definition) is 1. The lowest BCUT2D eigenvalue weighted by Gasteiger charge is -2.36. The molecule has 2 atom stereocenters. The number of aromatic nitrogens is 3. The Morgan fingerprint density at radius 3 is 2.38 bits per heavy atom. The van der Waals surface area contributed by atoms with E-state index in [0.717, 1.165) is 49.8 Å². The number of aryl methyl sites for hydroxylation is 3. The molecule has 9 rings (SSSR count). The Morgan fingerprint density at radius 1 is 0.930 bits per heavy atom. The molecule has 1 N–H and O–H groups in total. The molecule has 2 unspecified atom stereocenters. The van der Waals surface area contributed by atoms with E-state index in [2.05, 4.69) is 14.8 Å². The number of amides is 4. The summed E-state index contributed by atoms with van der Waals surface area (Å²) < 4.78 is 36.7. The second-order valence-corrected chi connectivity index (χ2v) is 20.1. The van der Waals surface area contributed by atoms with Crippen LogP contribution in [-0.4, -0.2) is 116 Å². The lowest BCUT2D eigenvalue weighted by Crippen LogP contribution is -2.52. The molecule has 15 nitrogen and oxygen atoms in total. The number of carbonyl (C=O) groups is 5. The highest BCUT2D eigenvalue weighted by Gasteiger charge is 2.41. The van der Waals surface area contributed by atoms with E-state index in [0.29, 0.717) is 92.1 Å². The van der Waals surface area contributed by atoms with Crippen molar-refractivity contribution in [1.82, 2.24) is 34.4 Å². The van der Waals surface area contributed by atoms with Gasteiger partial charge in [-0.25, -0.2) is 9.18 Å². The summed E-state index contributed by atoms with van der Waals surface area (Å²) in [7, 11) is 1.90. The van der Waals surface area contributed by atoms with Crippen LogP contribution in [0.25, 0.3) is 32.8 Å². The summed E-state index contributed by atoms with van der Waals surface area (Å²) >= 11 is 7.21. The van der Waals surface area contributed by atoms with Crippen molar-refractivity contribution >= 4 is 62.9 Å². The van der Waals surface area contributed by atoms with E-state index in [9.17, 15) is 28.4 Å². The maximum absolute atomic E-state index is 14.7. The lowest BCUT2D eigenvalue weighted by atomic mass is 9.98. The Morgan fingerprint density at radius 2 is 1.66 bits per heavy atom. The molecule has 17 heteroatoms. The molecule has 71 heavy (non-hydrogen) atoms. The van der Waals surface area contributed by atoms with Gasteiger partial charge in [0.2, 0.25) is 11.8 Å². The minimum absolute atomic E-state index is 0.129. The van der Waals surface area contributed by atoms with Crippen LogP contribution in [0.1, 0.15) is 90.3 Å². The van der Waals surface area contributed by atoms with Crippen LogP contribution in [0.15, 0.2) is 66.7 Å². The average molecular weight is 989 g/mol. The normalized spacial score (nSPS) is 17.0. The minimum Gasteiger partial charge on any atom is -0.493 e. The van der Waals surface area contributed by atoms with Crippen LogP contribution in [0, 0.1) is 19.7 Å². The summed E-state index contributed by atoms with van der Waals surface area (Å²) in [5, 5.41) is 10.0. The summed E-state index contributed by atoms with van der Waals surface area (Å²) in [6, 6.07) is 18.4. The van der Waals surface area contributed by atoms with Gasteiger partial charge >= 0.3 is 5.97 Å². The van der Waals surface area contributed by atoms with Gasteiger partial charge in [-0.3, -0.25) is 34.1 Å². The molecule has 4 aromatic carbocycles. The van der Waals surface area contributed by atoms with Crippen LogP contribution in [0.2, 0.25) is 5.02 Å². The highest BCUT2D eigenvalue weighted by molar-refractivity contribution is 6.35. The fourth-order valence-electron chi connectivity index (χ4n) is 10.3. The number of carbonyl (C=O) groups excluding carboxylic acids is 5. The van der Waals surface area contributed by atoms with Gasteiger partial charge in [-0.1, -0.05) is 35.9 Å². The molecule has 0 aliphatic carbocycles. The Hall–Kier alpha value is -6.78. The van der Waals surface area contributed by atoms with E-state index in [-0.39, 0.29) is 42.9 Å². The zero-order valence-electron chi connectivity index (χ0n) is 41.2. The van der Waals surface area contributed by atoms with Gasteiger partial charge in [0, 0.05) is 91.5 Å². The highest BCUT2D eigenvalue weighted by Crippen LogP contribution is 2.43. The molecule has 4 amide bonds. The number of nitrogens with zero attached hydrogens (tertiary/aromatic N) is 6. The second-order valence-electron chi connectivity index (χ2n) is 19.7. The van der Waals surface area contributed by atoms with Crippen molar-refractivity contribution in [2.75, 3.05) is 39.3 Å². The molecule has 5 heterocycles. The van der Waals surface area contributed by atoms with Crippen LogP contribution in [0.3, 0.4) is 0 Å². The van der Waals surface area contributed by atoms with Gasteiger partial charge in [0.15, 0.2) is 6.10 Å². The quantitative estimate of drug-likeness (QED) is 0.0646. The molecular weight excluding hydrogens is 929 g/mol. The molecule has 0 spiro atoms. The Labute approximate surface area is 416 Å². The van der Waals surface area contributed by atoms with Gasteiger partial charge < -0.3 is 28.6 Å². The summed E-state index contributed by atoms with van der Waals surface area (Å²) in [6.45, 7) is 14.6. The fraction of sp³-hybridized carbons (Fsp3) is 0.407. The van der Waals surface area contributed by atoms with Gasteiger partial charge in [-0.2, -0.15) is 5.10 Å². The first-order valence-corrected chi connectivity index (χ1v) is 24.6. The smallest absolute Gasteiger partial charge is 0.355 e. The predicted octanol–water partition coefficient (Wildman–Crippen LogP) is 7.94. The monoisotopic (exact) mass is 987 g/mol. The van der Waals surface area contributed by atoms with E-state index in [1.807, 2.05) is 76.7 Å². The molecular formula is C54H59ClFN7O8. The third-order valence-electron chi connectivity index (χ3n) is 13.8. The number of halogens is 2. The van der Waals surface area contributed by atoms with Gasteiger partial charge in [-0.05, 0) is 114 Å².